The SMILES string of the molecule is COc1nc(N2CCO[C@@H](CO)C2)cc(-n2ncc3cc(C)c([C@@H]4CCN(C(=O)OC(C)(C)C)C[C@@H]4F)cc32)n1. The maximum atomic E-state index is 15.6. The Morgan fingerprint density at radius 3 is 2.65 bits per heavy atom. The second kappa shape index (κ2) is 11.2. The van der Waals surface area contributed by atoms with Gasteiger partial charge in [-0.15, -0.1) is 0 Å². The molecule has 40 heavy (non-hydrogen) atoms. The van der Waals surface area contributed by atoms with Crippen molar-refractivity contribution in [3.8, 4) is 11.8 Å². The van der Waals surface area contributed by atoms with Crippen molar-refractivity contribution in [2.75, 3.05) is 51.4 Å². The van der Waals surface area contributed by atoms with Crippen LogP contribution in [0.15, 0.2) is 24.4 Å². The van der Waals surface area contributed by atoms with Gasteiger partial charge in [-0.05, 0) is 57.4 Å². The lowest BCUT2D eigenvalue weighted by Crippen LogP contribution is -2.46. The van der Waals surface area contributed by atoms with Gasteiger partial charge in [0.15, 0.2) is 5.82 Å². The molecule has 216 valence electrons. The Morgan fingerprint density at radius 1 is 1.18 bits per heavy atom. The van der Waals surface area contributed by atoms with Crippen LogP contribution in [0.1, 0.15) is 44.2 Å². The Morgan fingerprint density at radius 2 is 1.95 bits per heavy atom. The molecule has 2 aliphatic heterocycles. The first-order valence-electron chi connectivity index (χ1n) is 13.6. The number of amides is 1. The van der Waals surface area contributed by atoms with Crippen LogP contribution in [0.3, 0.4) is 0 Å². The van der Waals surface area contributed by atoms with E-state index >= 15 is 4.39 Å². The van der Waals surface area contributed by atoms with Crippen LogP contribution in [0.4, 0.5) is 15.0 Å². The number of hydrogen-bond donors (Lipinski definition) is 1. The van der Waals surface area contributed by atoms with Crippen LogP contribution in [-0.2, 0) is 9.47 Å². The number of carbonyl (C=O) groups excluding carboxylic acids is 1. The van der Waals surface area contributed by atoms with Gasteiger partial charge in [-0.3, -0.25) is 0 Å². The van der Waals surface area contributed by atoms with Gasteiger partial charge >= 0.3 is 12.1 Å². The number of fused-ring (bicyclic) bond motifs is 1. The summed E-state index contributed by atoms with van der Waals surface area (Å²) >= 11 is 0. The van der Waals surface area contributed by atoms with Crippen LogP contribution in [0.25, 0.3) is 16.7 Å². The van der Waals surface area contributed by atoms with Crippen molar-refractivity contribution in [3.05, 3.63) is 35.5 Å². The van der Waals surface area contributed by atoms with Crippen LogP contribution in [0.5, 0.6) is 6.01 Å². The molecule has 0 bridgehead atoms. The molecule has 5 rings (SSSR count). The Kier molecular flexibility index (Phi) is 7.83. The molecule has 1 aromatic carbocycles. The van der Waals surface area contributed by atoms with E-state index < -0.39 is 17.9 Å². The molecule has 12 heteroatoms. The zero-order valence-corrected chi connectivity index (χ0v) is 23.6. The molecule has 0 spiro atoms. The van der Waals surface area contributed by atoms with Gasteiger partial charge in [0.25, 0.3) is 0 Å². The topological polar surface area (TPSA) is 115 Å². The van der Waals surface area contributed by atoms with Crippen molar-refractivity contribution in [1.29, 1.82) is 0 Å². The number of methoxy groups -OCH3 is 1. The molecule has 0 radical (unpaired) electrons. The monoisotopic (exact) mass is 556 g/mol. The number of benzene rings is 1. The molecule has 2 aromatic heterocycles. The predicted octanol–water partition coefficient (Wildman–Crippen LogP) is 3.39. The summed E-state index contributed by atoms with van der Waals surface area (Å²) in [5.74, 6) is 0.777. The van der Waals surface area contributed by atoms with Gasteiger partial charge in [-0.2, -0.15) is 15.1 Å². The van der Waals surface area contributed by atoms with E-state index in [1.807, 2.05) is 30.0 Å². The molecule has 4 heterocycles. The molecule has 0 aliphatic carbocycles. The van der Waals surface area contributed by atoms with E-state index in [9.17, 15) is 9.90 Å². The fourth-order valence-corrected chi connectivity index (χ4v) is 5.33. The van der Waals surface area contributed by atoms with Crippen molar-refractivity contribution >= 4 is 22.8 Å². The molecule has 11 nitrogen and oxygen atoms in total. The normalized spacial score (nSPS) is 22.0. The van der Waals surface area contributed by atoms with Crippen LogP contribution in [0.2, 0.25) is 0 Å². The average Bonchev–Trinajstić information content (AvgIpc) is 3.34. The number of hydrogen-bond acceptors (Lipinski definition) is 9. The van der Waals surface area contributed by atoms with E-state index in [1.54, 1.807) is 31.6 Å². The van der Waals surface area contributed by atoms with Crippen molar-refractivity contribution in [2.24, 2.45) is 0 Å². The highest BCUT2D eigenvalue weighted by atomic mass is 19.1. The van der Waals surface area contributed by atoms with Crippen molar-refractivity contribution in [1.82, 2.24) is 24.6 Å². The summed E-state index contributed by atoms with van der Waals surface area (Å²) in [7, 11) is 1.51. The summed E-state index contributed by atoms with van der Waals surface area (Å²) in [5, 5.41) is 15.1. The van der Waals surface area contributed by atoms with E-state index in [0.717, 1.165) is 22.0 Å². The lowest BCUT2D eigenvalue weighted by atomic mass is 9.85. The first kappa shape index (κ1) is 28.0. The number of aryl methyl sites for hydroxylation is 1. The van der Waals surface area contributed by atoms with Gasteiger partial charge in [0.2, 0.25) is 0 Å². The van der Waals surface area contributed by atoms with Crippen LogP contribution in [-0.4, -0.2) is 100 Å². The lowest BCUT2D eigenvalue weighted by Gasteiger charge is -2.36. The molecule has 3 aromatic rings. The molecule has 3 atom stereocenters. The number of piperidine rings is 1. The Balaban J connectivity index is 1.45. The molecular formula is C28H37FN6O5. The summed E-state index contributed by atoms with van der Waals surface area (Å²) in [5.41, 5.74) is 2.00. The standard InChI is InChI=1S/C28H37FN6O5/c1-17-10-18-13-30-35(25-12-24(31-26(32-25)38-5)33-8-9-39-19(14-33)16-36)23(18)11-21(17)20-6-7-34(15-22(20)29)27(37)40-28(2,3)4/h10-13,19-20,22,36H,6-9,14-16H2,1-5H3/t19-,20+,22+/m1/s1. The number of likely N-dealkylation sites (tertiary alicyclic amines) is 1. The van der Waals surface area contributed by atoms with Gasteiger partial charge in [0.1, 0.15) is 17.6 Å². The number of aliphatic hydroxyl groups is 1. The summed E-state index contributed by atoms with van der Waals surface area (Å²) < 4.78 is 33.7. The number of ether oxygens (including phenoxy) is 3. The smallest absolute Gasteiger partial charge is 0.410 e. The summed E-state index contributed by atoms with van der Waals surface area (Å²) in [4.78, 5) is 25.0. The summed E-state index contributed by atoms with van der Waals surface area (Å²) in [6, 6.07) is 6.00. The van der Waals surface area contributed by atoms with Crippen molar-refractivity contribution < 1.29 is 28.5 Å². The first-order chi connectivity index (χ1) is 19.1. The van der Waals surface area contributed by atoms with Crippen molar-refractivity contribution in [3.63, 3.8) is 0 Å². The molecule has 2 aliphatic rings. The fourth-order valence-electron chi connectivity index (χ4n) is 5.33. The van der Waals surface area contributed by atoms with Gasteiger partial charge in [0, 0.05) is 37.0 Å². The number of carbonyl (C=O) groups is 1. The predicted molar refractivity (Wildman–Crippen MR) is 147 cm³/mol. The fraction of sp³-hybridized carbons (Fsp3) is 0.571. The van der Waals surface area contributed by atoms with E-state index in [-0.39, 0.29) is 31.2 Å². The Labute approximate surface area is 232 Å². The highest BCUT2D eigenvalue weighted by Crippen LogP contribution is 2.36. The molecule has 0 saturated carbocycles. The lowest BCUT2D eigenvalue weighted by molar-refractivity contribution is 0.00333. The Hall–Kier alpha value is -3.51. The number of morpholine rings is 1. The molecular weight excluding hydrogens is 519 g/mol. The van der Waals surface area contributed by atoms with E-state index in [0.29, 0.717) is 44.3 Å². The molecule has 2 fully saturated rings. The molecule has 2 saturated heterocycles. The molecule has 0 unspecified atom stereocenters. The third kappa shape index (κ3) is 5.83. The second-order valence-corrected chi connectivity index (χ2v) is 11.4. The maximum absolute atomic E-state index is 15.6. The zero-order chi connectivity index (χ0) is 28.6. The number of rotatable bonds is 5. The van der Waals surface area contributed by atoms with Crippen LogP contribution >= 0.6 is 0 Å². The maximum Gasteiger partial charge on any atom is 0.410 e. The van der Waals surface area contributed by atoms with Crippen LogP contribution in [0, 0.1) is 6.92 Å². The average molecular weight is 557 g/mol. The quantitative estimate of drug-likeness (QED) is 0.505. The highest BCUT2D eigenvalue weighted by Gasteiger charge is 2.35. The van der Waals surface area contributed by atoms with E-state index in [2.05, 4.69) is 15.1 Å². The van der Waals surface area contributed by atoms with Gasteiger partial charge in [-0.25, -0.2) is 13.9 Å². The number of aromatic nitrogens is 4. The minimum atomic E-state index is -1.24. The number of aliphatic hydroxyl groups excluding tert-OH is 1. The highest BCUT2D eigenvalue weighted by molar-refractivity contribution is 5.82. The number of alkyl halides is 1. The molecule has 1 amide bonds. The second-order valence-electron chi connectivity index (χ2n) is 11.4. The molecule has 1 N–H and O–H groups in total. The minimum Gasteiger partial charge on any atom is -0.467 e. The van der Waals surface area contributed by atoms with Crippen molar-refractivity contribution in [2.45, 2.75) is 57.9 Å². The van der Waals surface area contributed by atoms with Gasteiger partial charge in [-0.1, -0.05) is 0 Å². The largest absolute Gasteiger partial charge is 0.467 e. The number of nitrogens with zero attached hydrogens (tertiary/aromatic N) is 6. The summed E-state index contributed by atoms with van der Waals surface area (Å²) in [6.07, 6.45) is 0.215. The number of halogens is 1. The van der Waals surface area contributed by atoms with E-state index in [1.165, 1.54) is 12.0 Å². The number of anilines is 1. The van der Waals surface area contributed by atoms with Crippen LogP contribution < -0.4 is 9.64 Å². The van der Waals surface area contributed by atoms with E-state index in [4.69, 9.17) is 14.2 Å². The summed E-state index contributed by atoms with van der Waals surface area (Å²) in [6.45, 7) is 9.26. The minimum absolute atomic E-state index is 0.0167. The van der Waals surface area contributed by atoms with Gasteiger partial charge < -0.3 is 29.1 Å². The first-order valence-corrected chi connectivity index (χ1v) is 13.6. The third-order valence-electron chi connectivity index (χ3n) is 7.29. The Bertz CT molecular complexity index is 1380. The third-order valence-corrected chi connectivity index (χ3v) is 7.29. The zero-order valence-electron chi connectivity index (χ0n) is 23.6. The van der Waals surface area contributed by atoms with Gasteiger partial charge in [0.05, 0.1) is 44.7 Å².